The van der Waals surface area contributed by atoms with Crippen molar-refractivity contribution in [1.29, 1.82) is 0 Å². The minimum atomic E-state index is 0.0253. The van der Waals surface area contributed by atoms with Crippen LogP contribution in [-0.4, -0.2) is 37.5 Å². The van der Waals surface area contributed by atoms with E-state index in [-0.39, 0.29) is 5.91 Å². The predicted molar refractivity (Wildman–Crippen MR) is 78.9 cm³/mol. The van der Waals surface area contributed by atoms with E-state index < -0.39 is 0 Å². The number of rotatable bonds is 3. The Morgan fingerprint density at radius 2 is 2.25 bits per heavy atom. The topological polar surface area (TPSA) is 45.5 Å². The van der Waals surface area contributed by atoms with Crippen LogP contribution in [0, 0.1) is 12.8 Å². The summed E-state index contributed by atoms with van der Waals surface area (Å²) >= 11 is 0. The maximum absolute atomic E-state index is 12.6. The number of furan rings is 1. The second-order valence-corrected chi connectivity index (χ2v) is 5.52. The summed E-state index contributed by atoms with van der Waals surface area (Å²) in [4.78, 5) is 14.5. The van der Waals surface area contributed by atoms with Gasteiger partial charge in [0.2, 0.25) is 0 Å². The quantitative estimate of drug-likeness (QED) is 0.933. The Labute approximate surface area is 118 Å². The molecular formula is C16H20N2O2. The van der Waals surface area contributed by atoms with E-state index in [9.17, 15) is 4.79 Å². The molecule has 0 radical (unpaired) electrons. The second kappa shape index (κ2) is 5.29. The molecular weight excluding hydrogens is 252 g/mol. The van der Waals surface area contributed by atoms with Gasteiger partial charge in [0, 0.05) is 24.0 Å². The summed E-state index contributed by atoms with van der Waals surface area (Å²) < 4.78 is 5.76. The normalized spacial score (nSPS) is 18.9. The van der Waals surface area contributed by atoms with E-state index in [0.29, 0.717) is 11.7 Å². The number of para-hydroxylation sites is 1. The van der Waals surface area contributed by atoms with Crippen molar-refractivity contribution in [3.8, 4) is 0 Å². The third-order valence-corrected chi connectivity index (χ3v) is 4.10. The van der Waals surface area contributed by atoms with Gasteiger partial charge in [-0.25, -0.2) is 0 Å². The van der Waals surface area contributed by atoms with Crippen molar-refractivity contribution in [2.75, 3.05) is 26.7 Å². The van der Waals surface area contributed by atoms with Crippen LogP contribution < -0.4 is 5.32 Å². The Hall–Kier alpha value is -1.81. The number of aryl methyl sites for hydroxylation is 1. The molecule has 4 heteroatoms. The maximum Gasteiger partial charge on any atom is 0.289 e. The zero-order valence-electron chi connectivity index (χ0n) is 12.0. The fraction of sp³-hybridized carbons (Fsp3) is 0.438. The predicted octanol–water partition coefficient (Wildman–Crippen LogP) is 2.42. The molecule has 3 rings (SSSR count). The van der Waals surface area contributed by atoms with Crippen molar-refractivity contribution in [3.63, 3.8) is 0 Å². The molecule has 1 unspecified atom stereocenters. The summed E-state index contributed by atoms with van der Waals surface area (Å²) in [6.45, 7) is 4.56. The summed E-state index contributed by atoms with van der Waals surface area (Å²) in [5.41, 5.74) is 1.74. The molecule has 1 aromatic carbocycles. The number of amides is 1. The molecule has 1 saturated heterocycles. The summed E-state index contributed by atoms with van der Waals surface area (Å²) in [6.07, 6.45) is 1.06. The highest BCUT2D eigenvalue weighted by atomic mass is 16.3. The van der Waals surface area contributed by atoms with E-state index in [1.165, 1.54) is 0 Å². The third kappa shape index (κ3) is 2.20. The van der Waals surface area contributed by atoms with Crippen LogP contribution in [0.1, 0.15) is 22.5 Å². The van der Waals surface area contributed by atoms with Gasteiger partial charge in [-0.15, -0.1) is 0 Å². The summed E-state index contributed by atoms with van der Waals surface area (Å²) in [7, 11) is 1.95. The van der Waals surface area contributed by atoms with Crippen molar-refractivity contribution in [2.24, 2.45) is 5.92 Å². The maximum atomic E-state index is 12.6. The van der Waals surface area contributed by atoms with E-state index >= 15 is 0 Å². The largest absolute Gasteiger partial charge is 0.451 e. The molecule has 1 aromatic heterocycles. The molecule has 0 bridgehead atoms. The van der Waals surface area contributed by atoms with Gasteiger partial charge < -0.3 is 14.6 Å². The molecule has 20 heavy (non-hydrogen) atoms. The Morgan fingerprint density at radius 3 is 3.00 bits per heavy atom. The van der Waals surface area contributed by atoms with Crippen molar-refractivity contribution in [2.45, 2.75) is 13.3 Å². The van der Waals surface area contributed by atoms with Gasteiger partial charge in [-0.05, 0) is 38.9 Å². The molecule has 2 heterocycles. The lowest BCUT2D eigenvalue weighted by Crippen LogP contribution is -2.30. The van der Waals surface area contributed by atoms with Crippen molar-refractivity contribution < 1.29 is 9.21 Å². The molecule has 1 aliphatic rings. The molecule has 1 amide bonds. The zero-order valence-corrected chi connectivity index (χ0v) is 12.0. The van der Waals surface area contributed by atoms with Crippen LogP contribution in [0.2, 0.25) is 0 Å². The molecule has 0 saturated carbocycles. The van der Waals surface area contributed by atoms with Gasteiger partial charge in [0.15, 0.2) is 5.76 Å². The second-order valence-electron chi connectivity index (χ2n) is 5.52. The lowest BCUT2D eigenvalue weighted by molar-refractivity contribution is 0.0757. The third-order valence-electron chi connectivity index (χ3n) is 4.10. The SMILES string of the molecule is CNCC1CCN(C(=O)c2oc3ccccc3c2C)C1. The fourth-order valence-corrected chi connectivity index (χ4v) is 2.99. The number of carbonyl (C=O) groups excluding carboxylic acids is 1. The van der Waals surface area contributed by atoms with Crippen LogP contribution in [0.5, 0.6) is 0 Å². The number of hydrogen-bond acceptors (Lipinski definition) is 3. The standard InChI is InChI=1S/C16H20N2O2/c1-11-13-5-3-4-6-14(13)20-15(11)16(19)18-8-7-12(10-18)9-17-2/h3-6,12,17H,7-10H2,1-2H3. The first-order chi connectivity index (χ1) is 9.70. The molecule has 1 atom stereocenters. The van der Waals surface area contributed by atoms with Gasteiger partial charge in [0.25, 0.3) is 5.91 Å². The van der Waals surface area contributed by atoms with Gasteiger partial charge >= 0.3 is 0 Å². The first kappa shape index (κ1) is 13.2. The smallest absolute Gasteiger partial charge is 0.289 e. The van der Waals surface area contributed by atoms with Gasteiger partial charge in [0.1, 0.15) is 5.58 Å². The molecule has 1 fully saturated rings. The van der Waals surface area contributed by atoms with Crippen LogP contribution in [0.15, 0.2) is 28.7 Å². The first-order valence-electron chi connectivity index (χ1n) is 7.12. The van der Waals surface area contributed by atoms with Crippen LogP contribution >= 0.6 is 0 Å². The highest BCUT2D eigenvalue weighted by Gasteiger charge is 2.29. The highest BCUT2D eigenvalue weighted by molar-refractivity contribution is 5.99. The molecule has 2 aromatic rings. The van der Waals surface area contributed by atoms with E-state index in [1.807, 2.05) is 43.1 Å². The van der Waals surface area contributed by atoms with Gasteiger partial charge in [-0.3, -0.25) is 4.79 Å². The van der Waals surface area contributed by atoms with E-state index in [4.69, 9.17) is 4.42 Å². The van der Waals surface area contributed by atoms with Crippen LogP contribution in [0.25, 0.3) is 11.0 Å². The molecule has 0 spiro atoms. The number of nitrogens with one attached hydrogen (secondary N) is 1. The molecule has 1 aliphatic heterocycles. The lowest BCUT2D eigenvalue weighted by atomic mass is 10.1. The summed E-state index contributed by atoms with van der Waals surface area (Å²) in [6, 6.07) is 7.81. The van der Waals surface area contributed by atoms with E-state index in [0.717, 1.165) is 42.6 Å². The van der Waals surface area contributed by atoms with Crippen LogP contribution in [0.3, 0.4) is 0 Å². The molecule has 106 valence electrons. The van der Waals surface area contributed by atoms with Gasteiger partial charge in [0.05, 0.1) is 0 Å². The van der Waals surface area contributed by atoms with Crippen molar-refractivity contribution in [3.05, 3.63) is 35.6 Å². The minimum Gasteiger partial charge on any atom is -0.451 e. The van der Waals surface area contributed by atoms with Crippen molar-refractivity contribution in [1.82, 2.24) is 10.2 Å². The average molecular weight is 272 g/mol. The highest BCUT2D eigenvalue weighted by Crippen LogP contribution is 2.27. The molecule has 1 N–H and O–H groups in total. The number of benzene rings is 1. The van der Waals surface area contributed by atoms with Gasteiger partial charge in [-0.2, -0.15) is 0 Å². The zero-order chi connectivity index (χ0) is 14.1. The number of likely N-dealkylation sites (tertiary alicyclic amines) is 1. The molecule has 0 aliphatic carbocycles. The average Bonchev–Trinajstić information content (AvgIpc) is 3.05. The minimum absolute atomic E-state index is 0.0253. The Balaban J connectivity index is 1.84. The Kier molecular flexibility index (Phi) is 3.49. The summed E-state index contributed by atoms with van der Waals surface area (Å²) in [5, 5.41) is 4.21. The first-order valence-corrected chi connectivity index (χ1v) is 7.12. The Bertz CT molecular complexity index is 632. The van der Waals surface area contributed by atoms with Crippen LogP contribution in [-0.2, 0) is 0 Å². The van der Waals surface area contributed by atoms with E-state index in [2.05, 4.69) is 5.32 Å². The number of hydrogen-bond donors (Lipinski definition) is 1. The lowest BCUT2D eigenvalue weighted by Gasteiger charge is -2.15. The van der Waals surface area contributed by atoms with Gasteiger partial charge in [-0.1, -0.05) is 18.2 Å². The number of nitrogens with zero attached hydrogens (tertiary/aromatic N) is 1. The van der Waals surface area contributed by atoms with Crippen LogP contribution in [0.4, 0.5) is 0 Å². The van der Waals surface area contributed by atoms with Crippen molar-refractivity contribution >= 4 is 16.9 Å². The number of carbonyl (C=O) groups is 1. The fourth-order valence-electron chi connectivity index (χ4n) is 2.99. The number of fused-ring (bicyclic) bond motifs is 1. The monoisotopic (exact) mass is 272 g/mol. The molecule has 4 nitrogen and oxygen atoms in total. The Morgan fingerprint density at radius 1 is 1.45 bits per heavy atom. The van der Waals surface area contributed by atoms with E-state index in [1.54, 1.807) is 0 Å². The summed E-state index contributed by atoms with van der Waals surface area (Å²) in [5.74, 6) is 1.07.